The molecule has 7 nitrogen and oxygen atoms in total. The molecule has 0 unspecified atom stereocenters. The summed E-state index contributed by atoms with van der Waals surface area (Å²) in [6.45, 7) is 0. The van der Waals surface area contributed by atoms with Crippen LogP contribution in [-0.2, 0) is 0 Å². The first kappa shape index (κ1) is 16.4. The van der Waals surface area contributed by atoms with Gasteiger partial charge in [0.1, 0.15) is 11.5 Å². The number of fused-ring (bicyclic) bond motifs is 1. The molecule has 0 aliphatic rings. The zero-order chi connectivity index (χ0) is 20.5. The Morgan fingerprint density at radius 1 is 1.04 bits per heavy atom. The quantitative estimate of drug-likeness (QED) is 0.498. The number of carbonyl (C=O) groups excluding carboxylic acids is 1. The molecule has 0 spiro atoms. The zero-order valence-electron chi connectivity index (χ0n) is 16.6. The number of benzene rings is 2. The van der Waals surface area contributed by atoms with Crippen molar-refractivity contribution in [3.05, 3.63) is 60.0 Å². The number of imidazole rings is 1. The molecule has 142 valence electrons. The summed E-state index contributed by atoms with van der Waals surface area (Å²) in [7, 11) is 4.45. The molecule has 28 heavy (non-hydrogen) atoms. The Morgan fingerprint density at radius 2 is 1.75 bits per heavy atom. The molecule has 0 saturated heterocycles. The van der Waals surface area contributed by atoms with Gasteiger partial charge in [0.15, 0.2) is 11.5 Å². The van der Waals surface area contributed by atoms with Gasteiger partial charge >= 0.3 is 0 Å². The fourth-order valence-electron chi connectivity index (χ4n) is 3.14. The summed E-state index contributed by atoms with van der Waals surface area (Å²) < 4.78 is 24.1. The van der Waals surface area contributed by atoms with Crippen LogP contribution in [0.1, 0.15) is 17.4 Å². The Morgan fingerprint density at radius 3 is 2.43 bits per heavy atom. The van der Waals surface area contributed by atoms with Gasteiger partial charge in [-0.1, -0.05) is 18.2 Å². The summed E-state index contributed by atoms with van der Waals surface area (Å²) in [5.74, 6) is 1.13. The van der Waals surface area contributed by atoms with Gasteiger partial charge in [-0.05, 0) is 18.2 Å². The number of nitrogens with zero attached hydrogens (tertiary/aromatic N) is 1. The zero-order valence-corrected chi connectivity index (χ0v) is 15.6. The number of methoxy groups -OCH3 is 3. The van der Waals surface area contributed by atoms with Gasteiger partial charge in [0.25, 0.3) is 0 Å². The van der Waals surface area contributed by atoms with Crippen LogP contribution < -0.4 is 14.2 Å². The Bertz CT molecular complexity index is 1190. The monoisotopic (exact) mass is 378 g/mol. The van der Waals surface area contributed by atoms with E-state index >= 15 is 0 Å². The molecule has 2 heterocycles. The summed E-state index contributed by atoms with van der Waals surface area (Å²) in [5.41, 5.74) is 2.03. The van der Waals surface area contributed by atoms with Gasteiger partial charge in [0.2, 0.25) is 11.5 Å². The van der Waals surface area contributed by atoms with E-state index in [2.05, 4.69) is 15.0 Å². The maximum absolute atomic E-state index is 13.1. The largest absolute Gasteiger partial charge is 0.493 e. The highest BCUT2D eigenvalue weighted by Crippen LogP contribution is 2.38. The summed E-state index contributed by atoms with van der Waals surface area (Å²) in [5, 5.41) is 0.952. The molecule has 0 bridgehead atoms. The Kier molecular flexibility index (Phi) is 4.17. The van der Waals surface area contributed by atoms with Crippen LogP contribution in [0.15, 0.2) is 48.8 Å². The van der Waals surface area contributed by atoms with Crippen LogP contribution in [0.25, 0.3) is 22.3 Å². The first-order chi connectivity index (χ1) is 14.1. The lowest BCUT2D eigenvalue weighted by Gasteiger charge is -2.13. The normalized spacial score (nSPS) is 11.3. The van der Waals surface area contributed by atoms with Crippen LogP contribution in [-0.4, -0.2) is 42.1 Å². The highest BCUT2D eigenvalue weighted by molar-refractivity contribution is 6.09. The van der Waals surface area contributed by atoms with Gasteiger partial charge in [-0.15, -0.1) is 0 Å². The molecule has 7 heteroatoms. The summed E-state index contributed by atoms with van der Waals surface area (Å²) >= 11 is 0. The number of ether oxygens (including phenoxy) is 3. The molecule has 0 aliphatic heterocycles. The van der Waals surface area contributed by atoms with E-state index < -0.39 is 5.78 Å². The van der Waals surface area contributed by atoms with Crippen LogP contribution in [0.4, 0.5) is 0 Å². The van der Waals surface area contributed by atoms with Gasteiger partial charge in [-0.3, -0.25) is 4.79 Å². The SMILES string of the molecule is [2H]c1[nH]c(-c2c[nH]c3ccccc23)nc1C(=O)c1cc(OC)c(OC)c(OC)c1. The van der Waals surface area contributed by atoms with Crippen molar-refractivity contribution in [2.24, 2.45) is 0 Å². The fraction of sp³-hybridized carbons (Fsp3) is 0.143. The predicted octanol–water partition coefficient (Wildman–Crippen LogP) is 3.81. The van der Waals surface area contributed by atoms with Crippen LogP contribution in [0.2, 0.25) is 0 Å². The van der Waals surface area contributed by atoms with Crippen molar-refractivity contribution in [3.8, 4) is 28.6 Å². The lowest BCUT2D eigenvalue weighted by Crippen LogP contribution is -2.04. The van der Waals surface area contributed by atoms with E-state index in [4.69, 9.17) is 15.6 Å². The van der Waals surface area contributed by atoms with Crippen molar-refractivity contribution in [3.63, 3.8) is 0 Å². The average Bonchev–Trinajstić information content (AvgIpc) is 3.35. The van der Waals surface area contributed by atoms with E-state index in [9.17, 15) is 4.79 Å². The molecule has 2 N–H and O–H groups in total. The summed E-state index contributed by atoms with van der Waals surface area (Å²) in [6.07, 6.45) is 1.74. The third-order valence-corrected chi connectivity index (χ3v) is 4.51. The summed E-state index contributed by atoms with van der Waals surface area (Å²) in [6, 6.07) is 10.8. The number of hydrogen-bond acceptors (Lipinski definition) is 5. The predicted molar refractivity (Wildman–Crippen MR) is 105 cm³/mol. The number of H-pyrrole nitrogens is 2. The van der Waals surface area contributed by atoms with E-state index in [1.165, 1.54) is 21.3 Å². The van der Waals surface area contributed by atoms with Crippen molar-refractivity contribution in [1.29, 1.82) is 0 Å². The van der Waals surface area contributed by atoms with Gasteiger partial charge < -0.3 is 24.2 Å². The third-order valence-electron chi connectivity index (χ3n) is 4.51. The highest BCUT2D eigenvalue weighted by atomic mass is 16.5. The molecule has 2 aromatic heterocycles. The van der Waals surface area contributed by atoms with E-state index in [-0.39, 0.29) is 17.4 Å². The maximum atomic E-state index is 13.1. The number of nitrogens with one attached hydrogen (secondary N) is 2. The fourth-order valence-corrected chi connectivity index (χ4v) is 3.14. The molecule has 0 radical (unpaired) electrons. The van der Waals surface area contributed by atoms with Crippen molar-refractivity contribution in [1.82, 2.24) is 15.0 Å². The first-order valence-corrected chi connectivity index (χ1v) is 8.55. The lowest BCUT2D eigenvalue weighted by molar-refractivity contribution is 0.103. The molecule has 2 aromatic carbocycles. The summed E-state index contributed by atoms with van der Waals surface area (Å²) in [4.78, 5) is 23.6. The highest BCUT2D eigenvalue weighted by Gasteiger charge is 2.20. The minimum Gasteiger partial charge on any atom is -0.493 e. The van der Waals surface area contributed by atoms with Crippen LogP contribution in [0.3, 0.4) is 0 Å². The van der Waals surface area contributed by atoms with Crippen molar-refractivity contribution in [2.75, 3.05) is 21.3 Å². The number of aromatic nitrogens is 3. The Balaban J connectivity index is 1.77. The Labute approximate surface area is 162 Å². The topological polar surface area (TPSA) is 89.2 Å². The molecule has 0 atom stereocenters. The molecule has 0 amide bonds. The van der Waals surface area contributed by atoms with Crippen LogP contribution in [0, 0.1) is 0 Å². The van der Waals surface area contributed by atoms with Crippen LogP contribution >= 0.6 is 0 Å². The van der Waals surface area contributed by atoms with Gasteiger partial charge in [0, 0.05) is 34.4 Å². The standard InChI is InChI=1S/C21H19N3O4/c1-26-17-8-12(9-18(27-2)20(17)28-3)19(25)16-11-23-21(24-16)14-10-22-15-7-5-4-6-13(14)15/h4-11,22H,1-3H3,(H,23,24)/i11D. The number of carbonyl (C=O) groups is 1. The van der Waals surface area contributed by atoms with Crippen molar-refractivity contribution < 1.29 is 20.4 Å². The molecular formula is C21H19N3O4. The van der Waals surface area contributed by atoms with Gasteiger partial charge in [0.05, 0.1) is 22.7 Å². The minimum atomic E-state index is -0.420. The molecule has 4 aromatic rings. The van der Waals surface area contributed by atoms with E-state index in [0.717, 1.165) is 16.5 Å². The van der Waals surface area contributed by atoms with Crippen LogP contribution in [0.5, 0.6) is 17.2 Å². The smallest absolute Gasteiger partial charge is 0.213 e. The molecule has 0 saturated carbocycles. The number of hydrogen-bond donors (Lipinski definition) is 2. The van der Waals surface area contributed by atoms with E-state index in [0.29, 0.717) is 23.1 Å². The second-order valence-corrected chi connectivity index (χ2v) is 6.05. The van der Waals surface area contributed by atoms with Crippen molar-refractivity contribution in [2.45, 2.75) is 0 Å². The number of aromatic amines is 2. The van der Waals surface area contributed by atoms with E-state index in [1.807, 2.05) is 24.3 Å². The maximum Gasteiger partial charge on any atom is 0.213 e. The third kappa shape index (κ3) is 2.87. The second-order valence-electron chi connectivity index (χ2n) is 6.05. The molecular weight excluding hydrogens is 358 g/mol. The molecule has 0 fully saturated rings. The molecule has 0 aliphatic carbocycles. The number of para-hydroxylation sites is 1. The Hall–Kier alpha value is -3.74. The lowest BCUT2D eigenvalue weighted by atomic mass is 10.1. The average molecular weight is 378 g/mol. The van der Waals surface area contributed by atoms with E-state index in [1.54, 1.807) is 18.3 Å². The second kappa shape index (κ2) is 7.11. The van der Waals surface area contributed by atoms with Gasteiger partial charge in [-0.25, -0.2) is 4.98 Å². The number of ketones is 1. The van der Waals surface area contributed by atoms with Gasteiger partial charge in [-0.2, -0.15) is 0 Å². The van der Waals surface area contributed by atoms with Crippen molar-refractivity contribution >= 4 is 16.7 Å². The number of rotatable bonds is 6. The first-order valence-electron chi connectivity index (χ1n) is 9.05. The molecule has 4 rings (SSSR count). The minimum absolute atomic E-state index is 0.0135.